The van der Waals surface area contributed by atoms with Gasteiger partial charge in [-0.2, -0.15) is 5.10 Å². The lowest BCUT2D eigenvalue weighted by Gasteiger charge is -2.13. The number of nitrogens with one attached hydrogen (secondary N) is 2. The number of rotatable bonds is 3. The van der Waals surface area contributed by atoms with E-state index < -0.39 is 23.6 Å². The molecular weight excluding hydrogens is 352 g/mol. The number of aromatic nitrogens is 4. The van der Waals surface area contributed by atoms with E-state index >= 15 is 0 Å². The summed E-state index contributed by atoms with van der Waals surface area (Å²) in [5.74, 6) is -1.54. The normalized spacial score (nSPS) is 16.2. The summed E-state index contributed by atoms with van der Waals surface area (Å²) in [5, 5.41) is 9.71. The lowest BCUT2D eigenvalue weighted by atomic mass is 10.2. The molecule has 1 aliphatic rings. The first kappa shape index (κ1) is 15.8. The summed E-state index contributed by atoms with van der Waals surface area (Å²) in [5.41, 5.74) is 0.0276. The van der Waals surface area contributed by atoms with E-state index in [1.807, 2.05) is 0 Å². The molecule has 0 radical (unpaired) electrons. The minimum Gasteiger partial charge on any atom is -0.324 e. The zero-order valence-corrected chi connectivity index (χ0v) is 13.4. The molecule has 128 valence electrons. The van der Waals surface area contributed by atoms with Crippen LogP contribution in [0.1, 0.15) is 12.5 Å². The number of amides is 1. The van der Waals surface area contributed by atoms with Gasteiger partial charge in [0.2, 0.25) is 5.91 Å². The Kier molecular flexibility index (Phi) is 3.75. The molecule has 4 rings (SSSR count). The number of anilines is 1. The predicted octanol–water partition coefficient (Wildman–Crippen LogP) is 2.07. The van der Waals surface area contributed by atoms with E-state index in [-0.39, 0.29) is 17.7 Å². The number of hydrogen-bond donors (Lipinski definition) is 2. The summed E-state index contributed by atoms with van der Waals surface area (Å²) in [4.78, 5) is 29.1. The summed E-state index contributed by atoms with van der Waals surface area (Å²) >= 11 is 1.36. The maximum Gasteiger partial charge on any atom is 0.265 e. The third kappa shape index (κ3) is 2.78. The van der Waals surface area contributed by atoms with Gasteiger partial charge in [-0.05, 0) is 12.1 Å². The van der Waals surface area contributed by atoms with E-state index in [9.17, 15) is 18.4 Å². The van der Waals surface area contributed by atoms with E-state index in [4.69, 9.17) is 0 Å². The van der Waals surface area contributed by atoms with E-state index in [2.05, 4.69) is 20.5 Å². The molecule has 0 bridgehead atoms. The second-order valence-corrected chi connectivity index (χ2v) is 6.53. The Hall–Kier alpha value is -2.75. The van der Waals surface area contributed by atoms with Crippen LogP contribution in [0.25, 0.3) is 11.0 Å². The molecule has 1 aliphatic heterocycles. The largest absolute Gasteiger partial charge is 0.324 e. The number of benzene rings is 1. The summed E-state index contributed by atoms with van der Waals surface area (Å²) in [6.07, 6.45) is 1.37. The Morgan fingerprint density at radius 3 is 3.08 bits per heavy atom. The van der Waals surface area contributed by atoms with Gasteiger partial charge in [0.1, 0.15) is 17.0 Å². The smallest absolute Gasteiger partial charge is 0.265 e. The highest BCUT2D eigenvalue weighted by Gasteiger charge is 2.29. The quantitative estimate of drug-likeness (QED) is 0.695. The highest BCUT2D eigenvalue weighted by Crippen LogP contribution is 2.33. The van der Waals surface area contributed by atoms with Crippen molar-refractivity contribution in [3.63, 3.8) is 0 Å². The van der Waals surface area contributed by atoms with Crippen molar-refractivity contribution < 1.29 is 13.6 Å². The molecule has 7 nitrogen and oxygen atoms in total. The number of hydrogen-bond acceptors (Lipinski definition) is 5. The van der Waals surface area contributed by atoms with Crippen LogP contribution < -0.4 is 10.9 Å². The molecule has 2 N–H and O–H groups in total. The Labute approximate surface area is 143 Å². The average Bonchev–Trinajstić information content (AvgIpc) is 3.18. The summed E-state index contributed by atoms with van der Waals surface area (Å²) in [7, 11) is 0. The van der Waals surface area contributed by atoms with E-state index in [1.165, 1.54) is 22.5 Å². The second-order valence-electron chi connectivity index (χ2n) is 5.54. The van der Waals surface area contributed by atoms with Crippen LogP contribution in [0.3, 0.4) is 0 Å². The molecule has 0 fully saturated rings. The number of carbonyl (C=O) groups is 1. The van der Waals surface area contributed by atoms with Crippen molar-refractivity contribution in [2.24, 2.45) is 0 Å². The molecule has 0 saturated carbocycles. The van der Waals surface area contributed by atoms with Gasteiger partial charge >= 0.3 is 0 Å². The van der Waals surface area contributed by atoms with Crippen LogP contribution in [-0.4, -0.2) is 31.4 Å². The second kappa shape index (κ2) is 5.96. The SMILES string of the molecule is O=C(CC1CSc2nc3[nH]ncc3c(=O)n21)Nc1ccc(F)cc1F. The number of thioether (sulfide) groups is 1. The van der Waals surface area contributed by atoms with Gasteiger partial charge < -0.3 is 5.32 Å². The van der Waals surface area contributed by atoms with E-state index in [0.717, 1.165) is 12.1 Å². The maximum atomic E-state index is 13.6. The third-order valence-electron chi connectivity index (χ3n) is 3.88. The number of H-pyrrole nitrogens is 1. The fraction of sp³-hybridized carbons (Fsp3) is 0.200. The zero-order valence-electron chi connectivity index (χ0n) is 12.6. The van der Waals surface area contributed by atoms with Crippen LogP contribution in [0.4, 0.5) is 14.5 Å². The summed E-state index contributed by atoms with van der Waals surface area (Å²) in [6, 6.07) is 2.51. The Morgan fingerprint density at radius 2 is 2.28 bits per heavy atom. The average molecular weight is 363 g/mol. The minimum absolute atomic E-state index is 0.0260. The molecule has 1 aromatic carbocycles. The molecule has 25 heavy (non-hydrogen) atoms. The fourth-order valence-corrected chi connectivity index (χ4v) is 3.85. The molecule has 1 unspecified atom stereocenters. The fourth-order valence-electron chi connectivity index (χ4n) is 2.71. The number of nitrogens with zero attached hydrogens (tertiary/aromatic N) is 3. The predicted molar refractivity (Wildman–Crippen MR) is 87.5 cm³/mol. The molecule has 3 heterocycles. The van der Waals surface area contributed by atoms with Crippen molar-refractivity contribution in [1.29, 1.82) is 0 Å². The van der Waals surface area contributed by atoms with Crippen molar-refractivity contribution in [3.8, 4) is 0 Å². The first-order valence-electron chi connectivity index (χ1n) is 7.36. The molecule has 3 aromatic rings. The van der Waals surface area contributed by atoms with Gasteiger partial charge in [0.25, 0.3) is 5.56 Å². The van der Waals surface area contributed by atoms with Crippen molar-refractivity contribution in [1.82, 2.24) is 19.7 Å². The molecule has 0 aliphatic carbocycles. The number of aromatic amines is 1. The lowest BCUT2D eigenvalue weighted by Crippen LogP contribution is -2.27. The van der Waals surface area contributed by atoms with Gasteiger partial charge in [0.05, 0.1) is 17.9 Å². The zero-order chi connectivity index (χ0) is 17.6. The summed E-state index contributed by atoms with van der Waals surface area (Å²) < 4.78 is 28.0. The molecular formula is C15H11F2N5O2S. The highest BCUT2D eigenvalue weighted by atomic mass is 32.2. The Morgan fingerprint density at radius 1 is 1.44 bits per heavy atom. The van der Waals surface area contributed by atoms with Crippen LogP contribution in [0.15, 0.2) is 34.3 Å². The van der Waals surface area contributed by atoms with Crippen molar-refractivity contribution in [2.45, 2.75) is 17.6 Å². The molecule has 10 heteroatoms. The van der Waals surface area contributed by atoms with Crippen LogP contribution >= 0.6 is 11.8 Å². The van der Waals surface area contributed by atoms with Crippen LogP contribution in [0.2, 0.25) is 0 Å². The number of fused-ring (bicyclic) bond motifs is 2. The number of halogens is 2. The van der Waals surface area contributed by atoms with Crippen molar-refractivity contribution in [3.05, 3.63) is 46.4 Å². The maximum absolute atomic E-state index is 13.6. The summed E-state index contributed by atoms with van der Waals surface area (Å²) in [6.45, 7) is 0. The molecule has 1 atom stereocenters. The molecule has 0 saturated heterocycles. The topological polar surface area (TPSA) is 92.7 Å². The van der Waals surface area contributed by atoms with Gasteiger partial charge in [-0.1, -0.05) is 11.8 Å². The van der Waals surface area contributed by atoms with Crippen LogP contribution in [0, 0.1) is 11.6 Å². The highest BCUT2D eigenvalue weighted by molar-refractivity contribution is 7.99. The monoisotopic (exact) mass is 363 g/mol. The van der Waals surface area contributed by atoms with Gasteiger partial charge in [0.15, 0.2) is 10.8 Å². The van der Waals surface area contributed by atoms with Gasteiger partial charge in [-0.3, -0.25) is 19.3 Å². The van der Waals surface area contributed by atoms with Gasteiger partial charge in [0, 0.05) is 18.2 Å². The van der Waals surface area contributed by atoms with E-state index in [0.29, 0.717) is 28.0 Å². The molecule has 2 aromatic heterocycles. The van der Waals surface area contributed by atoms with Crippen LogP contribution in [0.5, 0.6) is 0 Å². The van der Waals surface area contributed by atoms with Crippen molar-refractivity contribution >= 4 is 34.4 Å². The van der Waals surface area contributed by atoms with E-state index in [1.54, 1.807) is 0 Å². The van der Waals surface area contributed by atoms with Gasteiger partial charge in [-0.25, -0.2) is 13.8 Å². The first-order valence-corrected chi connectivity index (χ1v) is 8.35. The number of carbonyl (C=O) groups excluding carboxylic acids is 1. The first-order chi connectivity index (χ1) is 12.0. The lowest BCUT2D eigenvalue weighted by molar-refractivity contribution is -0.116. The van der Waals surface area contributed by atoms with Gasteiger partial charge in [-0.15, -0.1) is 0 Å². The molecule has 0 spiro atoms. The third-order valence-corrected chi connectivity index (χ3v) is 4.98. The van der Waals surface area contributed by atoms with Crippen LogP contribution in [-0.2, 0) is 4.79 Å². The molecule has 1 amide bonds. The Balaban J connectivity index is 1.57. The Bertz CT molecular complexity index is 1050. The van der Waals surface area contributed by atoms with Crippen molar-refractivity contribution in [2.75, 3.05) is 11.1 Å². The minimum atomic E-state index is -0.853. The standard InChI is InChI=1S/C15H11F2N5O2S/c16-7-1-2-11(10(17)3-7)19-12(23)4-8-6-25-15-20-13-9(5-18-21-13)14(24)22(8)15/h1-3,5,8H,4,6H2,(H,18,21)(H,19,23).